The molecule has 0 aliphatic carbocycles. The first-order valence-electron chi connectivity index (χ1n) is 7.65. The van der Waals surface area contributed by atoms with Crippen LogP contribution < -0.4 is 10.5 Å². The predicted octanol–water partition coefficient (Wildman–Crippen LogP) is 5.15. The summed E-state index contributed by atoms with van der Waals surface area (Å²) < 4.78 is 10.8. The molecule has 0 fully saturated rings. The van der Waals surface area contributed by atoms with Crippen LogP contribution in [0, 0.1) is 0 Å². The van der Waals surface area contributed by atoms with Gasteiger partial charge < -0.3 is 14.9 Å². The molecule has 25 heavy (non-hydrogen) atoms. The average molecular weight is 377 g/mol. The Morgan fingerprint density at radius 1 is 1.44 bits per heavy atom. The van der Waals surface area contributed by atoms with Crippen molar-refractivity contribution in [2.75, 3.05) is 12.8 Å². The lowest BCUT2D eigenvalue weighted by molar-refractivity contribution is 0.102. The van der Waals surface area contributed by atoms with E-state index in [0.29, 0.717) is 27.7 Å². The summed E-state index contributed by atoms with van der Waals surface area (Å²) in [6, 6.07) is 3.34. The van der Waals surface area contributed by atoms with Gasteiger partial charge in [0.15, 0.2) is 5.76 Å². The van der Waals surface area contributed by atoms with Crippen molar-refractivity contribution < 1.29 is 13.9 Å². The lowest BCUT2D eigenvalue weighted by Crippen LogP contribution is -1.97. The number of nitrogens with two attached hydrogens (primary N) is 1. The summed E-state index contributed by atoms with van der Waals surface area (Å²) in [5.74, 6) is 0.561. The smallest absolute Gasteiger partial charge is 0.223 e. The Balaban J connectivity index is 1.93. The minimum atomic E-state index is -0.330. The number of furan rings is 1. The van der Waals surface area contributed by atoms with E-state index in [-0.39, 0.29) is 17.2 Å². The van der Waals surface area contributed by atoms with Crippen molar-refractivity contribution in [2.24, 2.45) is 0 Å². The van der Waals surface area contributed by atoms with E-state index in [4.69, 9.17) is 26.5 Å². The summed E-state index contributed by atoms with van der Waals surface area (Å²) in [4.78, 5) is 17.7. The molecule has 7 heteroatoms. The predicted molar refractivity (Wildman–Crippen MR) is 102 cm³/mol. The van der Waals surface area contributed by atoms with Crippen LogP contribution in [0.1, 0.15) is 40.2 Å². The highest BCUT2D eigenvalue weighted by Crippen LogP contribution is 2.39. The van der Waals surface area contributed by atoms with Gasteiger partial charge in [0.25, 0.3) is 0 Å². The molecule has 2 N–H and O–H groups in total. The number of rotatable bonds is 5. The van der Waals surface area contributed by atoms with Crippen LogP contribution in [0.15, 0.2) is 28.8 Å². The molecule has 0 bridgehead atoms. The van der Waals surface area contributed by atoms with Crippen molar-refractivity contribution in [2.45, 2.75) is 19.8 Å². The van der Waals surface area contributed by atoms with Crippen LogP contribution in [0.4, 0.5) is 5.69 Å². The van der Waals surface area contributed by atoms with Gasteiger partial charge in [0.05, 0.1) is 28.2 Å². The first-order valence-corrected chi connectivity index (χ1v) is 8.84. The zero-order chi connectivity index (χ0) is 18.1. The molecular weight excluding hydrogens is 360 g/mol. The number of carbonyl (C=O) groups is 1. The Labute approximate surface area is 154 Å². The fourth-order valence-corrected chi connectivity index (χ4v) is 3.53. The highest BCUT2D eigenvalue weighted by Gasteiger charge is 2.20. The number of anilines is 1. The van der Waals surface area contributed by atoms with E-state index in [0.717, 1.165) is 9.88 Å². The number of allylic oxidation sites excluding steroid dienone is 1. The van der Waals surface area contributed by atoms with Crippen molar-refractivity contribution >= 4 is 51.5 Å². The minimum absolute atomic E-state index is 0.0648. The summed E-state index contributed by atoms with van der Waals surface area (Å²) >= 11 is 7.81. The fourth-order valence-electron chi connectivity index (χ4n) is 2.37. The third-order valence-electron chi connectivity index (χ3n) is 3.67. The van der Waals surface area contributed by atoms with Crippen LogP contribution in [0.25, 0.3) is 17.0 Å². The second kappa shape index (κ2) is 6.90. The van der Waals surface area contributed by atoms with Crippen LogP contribution in [0.3, 0.4) is 0 Å². The van der Waals surface area contributed by atoms with Gasteiger partial charge in [0.1, 0.15) is 11.3 Å². The molecule has 130 valence electrons. The molecule has 0 spiro atoms. The van der Waals surface area contributed by atoms with Crippen molar-refractivity contribution in [3.63, 3.8) is 0 Å². The largest absolute Gasteiger partial charge is 0.495 e. The third-order valence-corrected chi connectivity index (χ3v) is 5.31. The number of aromatic nitrogens is 1. The average Bonchev–Trinajstić information content (AvgIpc) is 3.18. The van der Waals surface area contributed by atoms with Gasteiger partial charge in [-0.1, -0.05) is 25.4 Å². The van der Waals surface area contributed by atoms with Gasteiger partial charge >= 0.3 is 0 Å². The molecule has 0 atom stereocenters. The third kappa shape index (κ3) is 3.27. The number of fused-ring (bicyclic) bond motifs is 1. The number of nitrogens with zero attached hydrogens (tertiary/aromatic N) is 1. The van der Waals surface area contributed by atoms with E-state index in [1.807, 2.05) is 0 Å². The normalized spacial score (nSPS) is 11.7. The molecule has 0 unspecified atom stereocenters. The highest BCUT2D eigenvalue weighted by atomic mass is 35.5. The van der Waals surface area contributed by atoms with Gasteiger partial charge in [-0.05, 0) is 24.3 Å². The van der Waals surface area contributed by atoms with E-state index in [1.54, 1.807) is 35.7 Å². The molecule has 2 aromatic heterocycles. The number of hydrogen-bond acceptors (Lipinski definition) is 6. The van der Waals surface area contributed by atoms with E-state index in [1.165, 1.54) is 13.2 Å². The topological polar surface area (TPSA) is 78.3 Å². The number of benzene rings is 1. The zero-order valence-corrected chi connectivity index (χ0v) is 15.6. The van der Waals surface area contributed by atoms with Crippen LogP contribution >= 0.6 is 22.9 Å². The molecule has 2 heterocycles. The van der Waals surface area contributed by atoms with Crippen molar-refractivity contribution in [1.29, 1.82) is 0 Å². The number of methoxy groups -OCH3 is 1. The van der Waals surface area contributed by atoms with Crippen LogP contribution in [0.5, 0.6) is 5.75 Å². The lowest BCUT2D eigenvalue weighted by atomic mass is 10.2. The van der Waals surface area contributed by atoms with Crippen molar-refractivity contribution in [3.8, 4) is 5.75 Å². The quantitative estimate of drug-likeness (QED) is 0.492. The number of ether oxygens (including phenoxy) is 1. The number of ketones is 1. The monoisotopic (exact) mass is 376 g/mol. The Hall–Kier alpha value is -2.31. The number of halogens is 1. The number of thiazole rings is 1. The van der Waals surface area contributed by atoms with Crippen molar-refractivity contribution in [1.82, 2.24) is 4.98 Å². The summed E-state index contributed by atoms with van der Waals surface area (Å²) in [5, 5.41) is 1.83. The van der Waals surface area contributed by atoms with Crippen molar-refractivity contribution in [3.05, 3.63) is 45.1 Å². The molecule has 0 saturated carbocycles. The summed E-state index contributed by atoms with van der Waals surface area (Å²) in [7, 11) is 1.51. The second-order valence-electron chi connectivity index (χ2n) is 5.75. The van der Waals surface area contributed by atoms with Gasteiger partial charge in [0, 0.05) is 17.0 Å². The second-order valence-corrected chi connectivity index (χ2v) is 7.22. The zero-order valence-electron chi connectivity index (χ0n) is 14.0. The fraction of sp³-hybridized carbons (Fsp3) is 0.222. The molecule has 3 rings (SSSR count). The Kier molecular flexibility index (Phi) is 4.83. The maximum Gasteiger partial charge on any atom is 0.223 e. The molecule has 3 aromatic rings. The van der Waals surface area contributed by atoms with Gasteiger partial charge in [0.2, 0.25) is 5.78 Å². The molecular formula is C18H17ClN2O3S. The van der Waals surface area contributed by atoms with E-state index in [2.05, 4.69) is 18.8 Å². The molecule has 0 amide bonds. The molecule has 0 aliphatic rings. The summed E-state index contributed by atoms with van der Waals surface area (Å²) in [6.07, 6.45) is 4.88. The maximum absolute atomic E-state index is 12.5. The summed E-state index contributed by atoms with van der Waals surface area (Å²) in [6.45, 7) is 4.15. The molecule has 0 radical (unpaired) electrons. The first kappa shape index (κ1) is 17.5. The highest BCUT2D eigenvalue weighted by molar-refractivity contribution is 7.12. The molecule has 0 saturated heterocycles. The van der Waals surface area contributed by atoms with E-state index in [9.17, 15) is 4.79 Å². The van der Waals surface area contributed by atoms with Crippen LogP contribution in [-0.4, -0.2) is 17.9 Å². The van der Waals surface area contributed by atoms with Gasteiger partial charge in [-0.15, -0.1) is 11.3 Å². The Bertz CT molecular complexity index is 972. The Morgan fingerprint density at radius 2 is 2.20 bits per heavy atom. The standard InChI is InChI=1S/C18H17ClN2O3S/c1-9(2)18-21-8-10(25-18)4-5-11(22)17-16(20)14-12(24-17)6-7-13(23-3)15(14)19/h4-9H,20H2,1-3H3/b5-4+. The molecule has 5 nitrogen and oxygen atoms in total. The van der Waals surface area contributed by atoms with Crippen LogP contribution in [-0.2, 0) is 0 Å². The summed E-state index contributed by atoms with van der Waals surface area (Å²) in [5.41, 5.74) is 6.73. The van der Waals surface area contributed by atoms with E-state index < -0.39 is 0 Å². The van der Waals surface area contributed by atoms with Gasteiger partial charge in [-0.25, -0.2) is 4.98 Å². The minimum Gasteiger partial charge on any atom is -0.495 e. The van der Waals surface area contributed by atoms with Gasteiger partial charge in [-0.3, -0.25) is 4.79 Å². The first-order chi connectivity index (χ1) is 11.9. The SMILES string of the molecule is COc1ccc2oc(C(=O)/C=C/c3cnc(C(C)C)s3)c(N)c2c1Cl. The number of hydrogen-bond donors (Lipinski definition) is 1. The van der Waals surface area contributed by atoms with Gasteiger partial charge in [-0.2, -0.15) is 0 Å². The Morgan fingerprint density at radius 3 is 2.84 bits per heavy atom. The number of carbonyl (C=O) groups excluding carboxylic acids is 1. The van der Waals surface area contributed by atoms with Crippen LogP contribution in [0.2, 0.25) is 5.02 Å². The molecule has 1 aromatic carbocycles. The number of nitrogen functional groups attached to an aromatic ring is 1. The maximum atomic E-state index is 12.5. The lowest BCUT2D eigenvalue weighted by Gasteiger charge is -2.02. The molecule has 0 aliphatic heterocycles. The van der Waals surface area contributed by atoms with E-state index >= 15 is 0 Å².